The summed E-state index contributed by atoms with van der Waals surface area (Å²) in [7, 11) is 0. The van der Waals surface area contributed by atoms with Gasteiger partial charge in [0.15, 0.2) is 5.58 Å². The standard InChI is InChI=1S/C21H13N3O2S/c25-20(14-7-10-17-19(11-14)27-12-22-17)23-15-8-5-13(6-9-15)21-24-16-3-1-2-4-18(16)26-21/h1-12H,(H,23,25). The molecule has 2 heterocycles. The van der Waals surface area contributed by atoms with Gasteiger partial charge in [-0.3, -0.25) is 4.79 Å². The maximum absolute atomic E-state index is 12.5. The van der Waals surface area contributed by atoms with Crippen molar-refractivity contribution in [1.29, 1.82) is 0 Å². The van der Waals surface area contributed by atoms with E-state index in [0.29, 0.717) is 17.1 Å². The van der Waals surface area contributed by atoms with Crippen molar-refractivity contribution in [3.8, 4) is 11.5 Å². The molecule has 0 fully saturated rings. The Morgan fingerprint density at radius 1 is 0.963 bits per heavy atom. The Bertz CT molecular complexity index is 1240. The number of aromatic nitrogens is 2. The Morgan fingerprint density at radius 2 is 1.81 bits per heavy atom. The van der Waals surface area contributed by atoms with Crippen LogP contribution in [0.2, 0.25) is 0 Å². The second-order valence-electron chi connectivity index (χ2n) is 6.05. The molecule has 0 spiro atoms. The predicted octanol–water partition coefficient (Wildman–Crippen LogP) is 5.36. The lowest BCUT2D eigenvalue weighted by Gasteiger charge is -2.06. The molecule has 0 atom stereocenters. The van der Waals surface area contributed by atoms with Crippen LogP contribution in [0.15, 0.2) is 76.7 Å². The first-order valence-electron chi connectivity index (χ1n) is 8.37. The molecule has 2 aromatic heterocycles. The van der Waals surface area contributed by atoms with Gasteiger partial charge in [-0.05, 0) is 54.6 Å². The lowest BCUT2D eigenvalue weighted by atomic mass is 10.1. The maximum Gasteiger partial charge on any atom is 0.255 e. The van der Waals surface area contributed by atoms with Crippen LogP contribution in [0.5, 0.6) is 0 Å². The van der Waals surface area contributed by atoms with E-state index < -0.39 is 0 Å². The van der Waals surface area contributed by atoms with Gasteiger partial charge < -0.3 is 9.73 Å². The van der Waals surface area contributed by atoms with Gasteiger partial charge in [0.05, 0.1) is 15.7 Å². The van der Waals surface area contributed by atoms with E-state index in [9.17, 15) is 4.79 Å². The topological polar surface area (TPSA) is 68.0 Å². The smallest absolute Gasteiger partial charge is 0.255 e. The van der Waals surface area contributed by atoms with E-state index in [1.54, 1.807) is 11.6 Å². The van der Waals surface area contributed by atoms with Crippen LogP contribution in [-0.4, -0.2) is 15.9 Å². The monoisotopic (exact) mass is 371 g/mol. The molecule has 0 radical (unpaired) electrons. The van der Waals surface area contributed by atoms with E-state index in [0.717, 1.165) is 26.9 Å². The van der Waals surface area contributed by atoms with Crippen molar-refractivity contribution < 1.29 is 9.21 Å². The minimum Gasteiger partial charge on any atom is -0.436 e. The van der Waals surface area contributed by atoms with Crippen LogP contribution in [0.1, 0.15) is 10.4 Å². The molecule has 0 saturated heterocycles. The van der Waals surface area contributed by atoms with Crippen molar-refractivity contribution in [3.63, 3.8) is 0 Å². The molecular formula is C21H13N3O2S. The van der Waals surface area contributed by atoms with Crippen molar-refractivity contribution in [1.82, 2.24) is 9.97 Å². The summed E-state index contributed by atoms with van der Waals surface area (Å²) in [5.74, 6) is 0.407. The summed E-state index contributed by atoms with van der Waals surface area (Å²) in [6, 6.07) is 20.6. The van der Waals surface area contributed by atoms with Crippen LogP contribution in [-0.2, 0) is 0 Å². The third kappa shape index (κ3) is 2.96. The number of carbonyl (C=O) groups is 1. The van der Waals surface area contributed by atoms with E-state index >= 15 is 0 Å². The van der Waals surface area contributed by atoms with Gasteiger partial charge in [0.25, 0.3) is 5.91 Å². The number of anilines is 1. The predicted molar refractivity (Wildman–Crippen MR) is 107 cm³/mol. The zero-order valence-corrected chi connectivity index (χ0v) is 14.9. The van der Waals surface area contributed by atoms with Gasteiger partial charge in [-0.15, -0.1) is 11.3 Å². The number of rotatable bonds is 3. The molecule has 5 rings (SSSR count). The lowest BCUT2D eigenvalue weighted by molar-refractivity contribution is 0.102. The SMILES string of the molecule is O=C(Nc1ccc(-c2nc3ccccc3o2)cc1)c1ccc2ncsc2c1. The van der Waals surface area contributed by atoms with Crippen LogP contribution >= 0.6 is 11.3 Å². The van der Waals surface area contributed by atoms with Crippen LogP contribution in [0, 0.1) is 0 Å². The van der Waals surface area contributed by atoms with Crippen molar-refractivity contribution in [2.24, 2.45) is 0 Å². The number of carbonyl (C=O) groups excluding carboxylic acids is 1. The van der Waals surface area contributed by atoms with Crippen LogP contribution in [0.4, 0.5) is 5.69 Å². The summed E-state index contributed by atoms with van der Waals surface area (Å²) < 4.78 is 6.77. The first-order valence-corrected chi connectivity index (χ1v) is 9.25. The molecule has 5 nitrogen and oxygen atoms in total. The maximum atomic E-state index is 12.5. The summed E-state index contributed by atoms with van der Waals surface area (Å²) in [4.78, 5) is 21.2. The Morgan fingerprint density at radius 3 is 2.67 bits per heavy atom. The Hall–Kier alpha value is -3.51. The summed E-state index contributed by atoms with van der Waals surface area (Å²) in [6.45, 7) is 0. The molecule has 0 aliphatic carbocycles. The van der Waals surface area contributed by atoms with Crippen molar-refractivity contribution in [3.05, 3.63) is 77.8 Å². The molecule has 0 aliphatic heterocycles. The van der Waals surface area contributed by atoms with Crippen LogP contribution in [0.3, 0.4) is 0 Å². The van der Waals surface area contributed by atoms with Crippen LogP contribution < -0.4 is 5.32 Å². The fourth-order valence-corrected chi connectivity index (χ4v) is 3.61. The van der Waals surface area contributed by atoms with E-state index in [-0.39, 0.29) is 5.91 Å². The summed E-state index contributed by atoms with van der Waals surface area (Å²) >= 11 is 1.52. The number of fused-ring (bicyclic) bond motifs is 2. The van der Waals surface area contributed by atoms with Crippen molar-refractivity contribution >= 4 is 44.2 Å². The molecule has 3 aromatic carbocycles. The normalized spacial score (nSPS) is 11.1. The Kier molecular flexibility index (Phi) is 3.69. The van der Waals surface area contributed by atoms with Gasteiger partial charge in [0.1, 0.15) is 5.52 Å². The number of nitrogens with zero attached hydrogens (tertiary/aromatic N) is 2. The molecular weight excluding hydrogens is 358 g/mol. The highest BCUT2D eigenvalue weighted by Gasteiger charge is 2.10. The van der Waals surface area contributed by atoms with Gasteiger partial charge in [0.2, 0.25) is 5.89 Å². The number of nitrogens with one attached hydrogen (secondary N) is 1. The second-order valence-corrected chi connectivity index (χ2v) is 6.94. The molecule has 0 aliphatic rings. The fourth-order valence-electron chi connectivity index (χ4n) is 2.89. The number of para-hydroxylation sites is 2. The molecule has 27 heavy (non-hydrogen) atoms. The zero-order valence-electron chi connectivity index (χ0n) is 14.0. The molecule has 1 amide bonds. The van der Waals surface area contributed by atoms with Gasteiger partial charge in [-0.2, -0.15) is 0 Å². The minimum atomic E-state index is -0.153. The fraction of sp³-hybridized carbons (Fsp3) is 0. The highest BCUT2D eigenvalue weighted by Crippen LogP contribution is 2.25. The molecule has 0 unspecified atom stereocenters. The number of hydrogen-bond acceptors (Lipinski definition) is 5. The molecule has 130 valence electrons. The summed E-state index contributed by atoms with van der Waals surface area (Å²) in [6.07, 6.45) is 0. The van der Waals surface area contributed by atoms with Crippen molar-refractivity contribution in [2.75, 3.05) is 5.32 Å². The first-order chi connectivity index (χ1) is 13.3. The summed E-state index contributed by atoms with van der Waals surface area (Å²) in [5.41, 5.74) is 6.43. The third-order valence-corrected chi connectivity index (χ3v) is 5.07. The minimum absolute atomic E-state index is 0.153. The molecule has 5 aromatic rings. The van der Waals surface area contributed by atoms with Crippen molar-refractivity contribution in [2.45, 2.75) is 0 Å². The Balaban J connectivity index is 1.37. The lowest BCUT2D eigenvalue weighted by Crippen LogP contribution is -2.11. The van der Waals surface area contributed by atoms with Gasteiger partial charge >= 0.3 is 0 Å². The first kappa shape index (κ1) is 15.7. The zero-order chi connectivity index (χ0) is 18.2. The van der Waals surface area contributed by atoms with Gasteiger partial charge in [-0.25, -0.2) is 9.97 Å². The average Bonchev–Trinajstić information content (AvgIpc) is 3.34. The van der Waals surface area contributed by atoms with E-state index in [1.165, 1.54) is 11.3 Å². The van der Waals surface area contributed by atoms with E-state index in [4.69, 9.17) is 4.42 Å². The molecule has 0 saturated carbocycles. The number of benzene rings is 3. The number of oxazole rings is 1. The number of amides is 1. The van der Waals surface area contributed by atoms with Gasteiger partial charge in [-0.1, -0.05) is 12.1 Å². The van der Waals surface area contributed by atoms with E-state index in [1.807, 2.05) is 60.7 Å². The molecule has 0 bridgehead atoms. The summed E-state index contributed by atoms with van der Waals surface area (Å²) in [5, 5.41) is 2.91. The average molecular weight is 371 g/mol. The molecule has 1 N–H and O–H groups in total. The van der Waals surface area contributed by atoms with E-state index in [2.05, 4.69) is 15.3 Å². The quantitative estimate of drug-likeness (QED) is 0.464. The third-order valence-electron chi connectivity index (χ3n) is 4.28. The largest absolute Gasteiger partial charge is 0.436 e. The highest BCUT2D eigenvalue weighted by atomic mass is 32.1. The Labute approximate surface area is 158 Å². The van der Waals surface area contributed by atoms with Crippen LogP contribution in [0.25, 0.3) is 32.8 Å². The number of hydrogen-bond donors (Lipinski definition) is 1. The second kappa shape index (κ2) is 6.34. The number of thiazole rings is 1. The van der Waals surface area contributed by atoms with Gasteiger partial charge in [0, 0.05) is 16.8 Å². The highest BCUT2D eigenvalue weighted by molar-refractivity contribution is 7.16. The molecule has 6 heteroatoms.